The highest BCUT2D eigenvalue weighted by Gasteiger charge is 2.39. The van der Waals surface area contributed by atoms with Gasteiger partial charge in [-0.1, -0.05) is 40.4 Å². The Hall–Kier alpha value is -0.0162. The van der Waals surface area contributed by atoms with Gasteiger partial charge >= 0.3 is 0 Å². The smallest absolute Gasteiger partial charge is 0.192 e. The zero-order chi connectivity index (χ0) is 18.3. The molecule has 0 amide bonds. The molecule has 0 saturated heterocycles. The summed E-state index contributed by atoms with van der Waals surface area (Å²) in [5.74, 6) is 0. The number of aldehydes is 1. The average Bonchev–Trinajstić information content (AvgIpc) is 2.33. The Labute approximate surface area is 145 Å². The second-order valence-electron chi connectivity index (χ2n) is 9.03. The van der Waals surface area contributed by atoms with Gasteiger partial charge in [0.05, 0.1) is 12.2 Å². The number of hydrogen-bond donors (Lipinski definition) is 0. The molecule has 0 radical (unpaired) electrons. The maximum absolute atomic E-state index is 10.9. The van der Waals surface area contributed by atoms with Crippen molar-refractivity contribution in [3.05, 3.63) is 0 Å². The van der Waals surface area contributed by atoms with Crippen LogP contribution in [0.5, 0.6) is 0 Å². The molecule has 0 rings (SSSR count). The summed E-state index contributed by atoms with van der Waals surface area (Å²) in [6.07, 6.45) is 0.890. The molecular weight excluding hydrogens is 324 g/mol. The first-order valence-electron chi connectivity index (χ1n) is 8.61. The Kier molecular flexibility index (Phi) is 9.46. The molecule has 0 unspecified atom stereocenters. The van der Waals surface area contributed by atoms with Crippen molar-refractivity contribution in [1.82, 2.24) is 0 Å². The van der Waals surface area contributed by atoms with Crippen molar-refractivity contribution in [3.8, 4) is 0 Å². The Morgan fingerprint density at radius 1 is 1.09 bits per heavy atom. The van der Waals surface area contributed by atoms with Crippen molar-refractivity contribution < 1.29 is 18.7 Å². The summed E-state index contributed by atoms with van der Waals surface area (Å²) in [6, 6.07) is 1.12. The lowest BCUT2D eigenvalue weighted by atomic mass is 10.2. The van der Waals surface area contributed by atoms with E-state index in [0.29, 0.717) is 6.42 Å². The average molecular weight is 363 g/mol. The van der Waals surface area contributed by atoms with Gasteiger partial charge < -0.3 is 18.7 Å². The number of ether oxygens (including phenoxy) is 2. The molecule has 0 aliphatic carbocycles. The monoisotopic (exact) mass is 362 g/mol. The van der Waals surface area contributed by atoms with Gasteiger partial charge in [0.15, 0.2) is 8.32 Å². The Balaban J connectivity index is 4.41. The summed E-state index contributed by atoms with van der Waals surface area (Å²) < 4.78 is 17.7. The zero-order valence-electron chi connectivity index (χ0n) is 16.7. The van der Waals surface area contributed by atoms with E-state index in [1.807, 2.05) is 6.92 Å². The maximum Gasteiger partial charge on any atom is 0.192 e. The van der Waals surface area contributed by atoms with Crippen LogP contribution in [-0.4, -0.2) is 48.3 Å². The first kappa shape index (κ1) is 23.0. The summed E-state index contributed by atoms with van der Waals surface area (Å²) >= 11 is 0. The number of carbonyl (C=O) groups is 1. The predicted molar refractivity (Wildman–Crippen MR) is 102 cm³/mol. The molecule has 0 saturated carbocycles. The molecule has 0 spiro atoms. The van der Waals surface area contributed by atoms with E-state index in [9.17, 15) is 4.79 Å². The van der Waals surface area contributed by atoms with Crippen molar-refractivity contribution in [3.63, 3.8) is 0 Å². The van der Waals surface area contributed by atoms with Crippen molar-refractivity contribution >= 4 is 22.7 Å². The van der Waals surface area contributed by atoms with Crippen molar-refractivity contribution in [1.29, 1.82) is 0 Å². The SMILES string of the molecule is C[C@@H](O[Si](C)(C)C(C)(C)C)[C@@H](CC=O)OCOCC[Si](C)(C)C. The maximum atomic E-state index is 10.9. The second kappa shape index (κ2) is 9.46. The van der Waals surface area contributed by atoms with E-state index in [1.54, 1.807) is 0 Å². The molecule has 6 heteroatoms. The zero-order valence-corrected chi connectivity index (χ0v) is 18.7. The molecule has 23 heavy (non-hydrogen) atoms. The molecule has 0 N–H and O–H groups in total. The molecule has 4 nitrogen and oxygen atoms in total. The number of rotatable bonds is 11. The van der Waals surface area contributed by atoms with Crippen LogP contribution in [0.25, 0.3) is 0 Å². The van der Waals surface area contributed by atoms with Crippen LogP contribution >= 0.6 is 0 Å². The topological polar surface area (TPSA) is 44.8 Å². The van der Waals surface area contributed by atoms with Crippen LogP contribution in [0.1, 0.15) is 34.1 Å². The van der Waals surface area contributed by atoms with Gasteiger partial charge in [0, 0.05) is 21.1 Å². The van der Waals surface area contributed by atoms with Gasteiger partial charge in [0.25, 0.3) is 0 Å². The predicted octanol–water partition coefficient (Wildman–Crippen LogP) is 4.68. The number of hydrogen-bond acceptors (Lipinski definition) is 4. The van der Waals surface area contributed by atoms with E-state index >= 15 is 0 Å². The van der Waals surface area contributed by atoms with Gasteiger partial charge in [-0.15, -0.1) is 0 Å². The summed E-state index contributed by atoms with van der Waals surface area (Å²) in [5.41, 5.74) is 0. The second-order valence-corrected chi connectivity index (χ2v) is 19.4. The quantitative estimate of drug-likeness (QED) is 0.232. The summed E-state index contributed by atoms with van der Waals surface area (Å²) in [7, 11) is -2.95. The lowest BCUT2D eigenvalue weighted by Gasteiger charge is -2.40. The van der Waals surface area contributed by atoms with Gasteiger partial charge in [-0.3, -0.25) is 0 Å². The van der Waals surface area contributed by atoms with E-state index in [-0.39, 0.29) is 24.0 Å². The minimum atomic E-state index is -1.87. The van der Waals surface area contributed by atoms with Crippen LogP contribution in [0.4, 0.5) is 0 Å². The highest BCUT2D eigenvalue weighted by molar-refractivity contribution is 6.76. The van der Waals surface area contributed by atoms with E-state index < -0.39 is 16.4 Å². The lowest BCUT2D eigenvalue weighted by molar-refractivity contribution is -0.128. The van der Waals surface area contributed by atoms with Gasteiger partial charge in [-0.25, -0.2) is 0 Å². The molecular formula is C17H38O4Si2. The Bertz CT molecular complexity index is 345. The molecule has 0 fully saturated rings. The third-order valence-electron chi connectivity index (χ3n) is 4.50. The first-order chi connectivity index (χ1) is 10.3. The molecule has 0 aromatic rings. The molecule has 0 aliphatic heterocycles. The van der Waals surface area contributed by atoms with Crippen LogP contribution in [0.3, 0.4) is 0 Å². The Morgan fingerprint density at radius 3 is 2.09 bits per heavy atom. The van der Waals surface area contributed by atoms with E-state index in [0.717, 1.165) is 18.9 Å². The molecule has 0 aromatic carbocycles. The third kappa shape index (κ3) is 9.77. The van der Waals surface area contributed by atoms with Gasteiger partial charge in [-0.2, -0.15) is 0 Å². The summed E-state index contributed by atoms with van der Waals surface area (Å²) in [4.78, 5) is 10.9. The minimum absolute atomic E-state index is 0.110. The van der Waals surface area contributed by atoms with Crippen LogP contribution < -0.4 is 0 Å². The van der Waals surface area contributed by atoms with Crippen LogP contribution in [0.2, 0.25) is 43.8 Å². The largest absolute Gasteiger partial charge is 0.412 e. The van der Waals surface area contributed by atoms with Crippen molar-refractivity contribution in [2.24, 2.45) is 0 Å². The van der Waals surface area contributed by atoms with Crippen LogP contribution in [0, 0.1) is 0 Å². The van der Waals surface area contributed by atoms with Crippen LogP contribution in [-0.2, 0) is 18.7 Å². The van der Waals surface area contributed by atoms with E-state index in [4.69, 9.17) is 13.9 Å². The van der Waals surface area contributed by atoms with E-state index in [2.05, 4.69) is 53.5 Å². The fourth-order valence-corrected chi connectivity index (χ4v) is 3.97. The standard InChI is InChI=1S/C17H38O4Si2/c1-15(21-23(8,9)17(2,3)4)16(10-11-18)20-14-19-12-13-22(5,6)7/h11,15-16H,10,12-14H2,1-9H3/t15-,16-/m1/s1. The summed E-state index contributed by atoms with van der Waals surface area (Å²) in [6.45, 7) is 21.0. The molecule has 138 valence electrons. The highest BCUT2D eigenvalue weighted by atomic mass is 28.4. The highest BCUT2D eigenvalue weighted by Crippen LogP contribution is 2.37. The molecule has 0 heterocycles. The van der Waals surface area contributed by atoms with Gasteiger partial charge in [0.2, 0.25) is 0 Å². The molecule has 0 bridgehead atoms. The summed E-state index contributed by atoms with van der Waals surface area (Å²) in [5, 5.41) is 0.140. The van der Waals surface area contributed by atoms with Crippen molar-refractivity contribution in [2.45, 2.75) is 90.1 Å². The van der Waals surface area contributed by atoms with E-state index in [1.165, 1.54) is 0 Å². The fourth-order valence-electron chi connectivity index (χ4n) is 1.78. The van der Waals surface area contributed by atoms with Crippen molar-refractivity contribution in [2.75, 3.05) is 13.4 Å². The third-order valence-corrected chi connectivity index (χ3v) is 10.8. The van der Waals surface area contributed by atoms with Gasteiger partial charge in [-0.05, 0) is 31.1 Å². The molecule has 0 aliphatic rings. The fraction of sp³-hybridized carbons (Fsp3) is 0.941. The molecule has 2 atom stereocenters. The lowest BCUT2D eigenvalue weighted by Crippen LogP contribution is -2.46. The minimum Gasteiger partial charge on any atom is -0.412 e. The molecule has 0 aromatic heterocycles. The van der Waals surface area contributed by atoms with Gasteiger partial charge in [0.1, 0.15) is 13.1 Å². The number of carbonyl (C=O) groups excluding carboxylic acids is 1. The Morgan fingerprint density at radius 2 is 1.65 bits per heavy atom. The van der Waals surface area contributed by atoms with Crippen LogP contribution in [0.15, 0.2) is 0 Å². The normalized spacial score (nSPS) is 16.2. The first-order valence-corrected chi connectivity index (χ1v) is 15.2.